The highest BCUT2D eigenvalue weighted by Gasteiger charge is 2.14. The van der Waals surface area contributed by atoms with Crippen molar-refractivity contribution in [3.63, 3.8) is 0 Å². The molecule has 2 nitrogen and oxygen atoms in total. The fraction of sp³-hybridized carbons (Fsp3) is 0.556. The first-order chi connectivity index (χ1) is 6.60. The zero-order valence-electron chi connectivity index (χ0n) is 8.02. The Morgan fingerprint density at radius 2 is 1.57 bits per heavy atom. The van der Waals surface area contributed by atoms with Crippen LogP contribution in [0.4, 0.5) is 0 Å². The van der Waals surface area contributed by atoms with Gasteiger partial charge in [0.1, 0.15) is 16.1 Å². The predicted molar refractivity (Wildman–Crippen MR) is 68.1 cm³/mol. The highest BCUT2D eigenvalue weighted by atomic mass is 127. The maximum absolute atomic E-state index is 5.93. The van der Waals surface area contributed by atoms with Crippen LogP contribution in [-0.4, -0.2) is 9.97 Å². The molecule has 0 amide bonds. The van der Waals surface area contributed by atoms with Crippen LogP contribution in [0.3, 0.4) is 0 Å². The Bertz CT molecular complexity index is 304. The second kappa shape index (κ2) is 5.47. The number of aromatic nitrogens is 2. The molecule has 0 saturated heterocycles. The summed E-state index contributed by atoms with van der Waals surface area (Å²) in [4.78, 5) is 8.48. The zero-order valence-corrected chi connectivity index (χ0v) is 11.7. The van der Waals surface area contributed by atoms with Gasteiger partial charge in [0.2, 0.25) is 0 Å². The summed E-state index contributed by atoms with van der Waals surface area (Å²) in [5.74, 6) is 1.10. The Labute approximate surface area is 108 Å². The molecule has 1 rings (SSSR count). The van der Waals surface area contributed by atoms with Crippen LogP contribution >= 0.6 is 45.8 Å². The van der Waals surface area contributed by atoms with Crippen LogP contribution in [0.25, 0.3) is 0 Å². The van der Waals surface area contributed by atoms with Gasteiger partial charge in [-0.05, 0) is 35.4 Å². The molecule has 1 aromatic heterocycles. The average molecular weight is 345 g/mol. The minimum absolute atomic E-state index is 0.349. The maximum atomic E-state index is 5.93. The summed E-state index contributed by atoms with van der Waals surface area (Å²) in [5.41, 5.74) is 0. The summed E-state index contributed by atoms with van der Waals surface area (Å²) in [6.07, 6.45) is 2.01. The molecule has 0 saturated carbocycles. The van der Waals surface area contributed by atoms with Crippen LogP contribution in [0, 0.1) is 3.57 Å². The number of nitrogens with zero attached hydrogens (tertiary/aromatic N) is 2. The molecule has 1 aromatic rings. The van der Waals surface area contributed by atoms with Crippen LogP contribution in [0.2, 0.25) is 10.3 Å². The SMILES string of the molecule is CCC(CC)c1nc(Cl)c(I)c(Cl)n1. The largest absolute Gasteiger partial charge is 0.220 e. The van der Waals surface area contributed by atoms with Gasteiger partial charge in [0.25, 0.3) is 0 Å². The van der Waals surface area contributed by atoms with Crippen molar-refractivity contribution < 1.29 is 0 Å². The molecule has 1 heterocycles. The molecule has 5 heteroatoms. The van der Waals surface area contributed by atoms with E-state index in [9.17, 15) is 0 Å². The van der Waals surface area contributed by atoms with Crippen molar-refractivity contribution in [2.45, 2.75) is 32.6 Å². The van der Waals surface area contributed by atoms with E-state index in [1.54, 1.807) is 0 Å². The summed E-state index contributed by atoms with van der Waals surface area (Å²) in [7, 11) is 0. The van der Waals surface area contributed by atoms with Gasteiger partial charge in [-0.3, -0.25) is 0 Å². The van der Waals surface area contributed by atoms with E-state index >= 15 is 0 Å². The van der Waals surface area contributed by atoms with E-state index in [0.717, 1.165) is 22.2 Å². The Morgan fingerprint density at radius 3 is 1.93 bits per heavy atom. The number of rotatable bonds is 3. The van der Waals surface area contributed by atoms with E-state index in [0.29, 0.717) is 16.2 Å². The molecule has 0 atom stereocenters. The molecule has 0 bridgehead atoms. The molecule has 0 unspecified atom stereocenters. The number of halogens is 3. The molecular weight excluding hydrogens is 334 g/mol. The van der Waals surface area contributed by atoms with E-state index in [-0.39, 0.29) is 0 Å². The topological polar surface area (TPSA) is 25.8 Å². The number of hydrogen-bond donors (Lipinski definition) is 0. The van der Waals surface area contributed by atoms with Gasteiger partial charge in [-0.15, -0.1) is 0 Å². The van der Waals surface area contributed by atoms with Gasteiger partial charge in [-0.25, -0.2) is 9.97 Å². The monoisotopic (exact) mass is 344 g/mol. The second-order valence-corrected chi connectivity index (χ2v) is 4.79. The van der Waals surface area contributed by atoms with Crippen molar-refractivity contribution >= 4 is 45.8 Å². The minimum atomic E-state index is 0.349. The summed E-state index contributed by atoms with van der Waals surface area (Å²) < 4.78 is 0.723. The van der Waals surface area contributed by atoms with E-state index in [1.165, 1.54) is 0 Å². The van der Waals surface area contributed by atoms with Gasteiger partial charge in [0, 0.05) is 5.92 Å². The molecule has 0 aromatic carbocycles. The van der Waals surface area contributed by atoms with Crippen molar-refractivity contribution in [3.8, 4) is 0 Å². The van der Waals surface area contributed by atoms with Crippen LogP contribution < -0.4 is 0 Å². The Kier molecular flexibility index (Phi) is 4.87. The van der Waals surface area contributed by atoms with Crippen LogP contribution in [0.15, 0.2) is 0 Å². The van der Waals surface area contributed by atoms with Crippen molar-refractivity contribution in [2.75, 3.05) is 0 Å². The van der Waals surface area contributed by atoms with Gasteiger partial charge in [0.15, 0.2) is 0 Å². The molecule has 0 aliphatic heterocycles. The first-order valence-electron chi connectivity index (χ1n) is 4.48. The van der Waals surface area contributed by atoms with E-state index < -0.39 is 0 Å². The lowest BCUT2D eigenvalue weighted by Gasteiger charge is -2.11. The smallest absolute Gasteiger partial charge is 0.147 e. The quantitative estimate of drug-likeness (QED) is 0.603. The summed E-state index contributed by atoms with van der Waals surface area (Å²) >= 11 is 13.9. The Morgan fingerprint density at radius 1 is 1.14 bits per heavy atom. The first kappa shape index (κ1) is 12.5. The van der Waals surface area contributed by atoms with Crippen molar-refractivity contribution in [1.82, 2.24) is 9.97 Å². The average Bonchev–Trinajstić information content (AvgIpc) is 2.16. The molecule has 0 radical (unpaired) electrons. The number of hydrogen-bond acceptors (Lipinski definition) is 2. The van der Waals surface area contributed by atoms with Crippen molar-refractivity contribution in [3.05, 3.63) is 19.7 Å². The lowest BCUT2D eigenvalue weighted by molar-refractivity contribution is 0.601. The van der Waals surface area contributed by atoms with E-state index in [1.807, 2.05) is 22.6 Å². The maximum Gasteiger partial charge on any atom is 0.147 e. The Hall–Kier alpha value is 0.390. The predicted octanol–water partition coefficient (Wildman–Crippen LogP) is 4.29. The third kappa shape index (κ3) is 2.70. The van der Waals surface area contributed by atoms with Crippen LogP contribution in [0.1, 0.15) is 38.4 Å². The van der Waals surface area contributed by atoms with Gasteiger partial charge in [-0.1, -0.05) is 37.0 Å². The summed E-state index contributed by atoms with van der Waals surface area (Å²) in [6, 6.07) is 0. The molecule has 0 spiro atoms. The van der Waals surface area contributed by atoms with Crippen LogP contribution in [-0.2, 0) is 0 Å². The molecule has 0 fully saturated rings. The minimum Gasteiger partial charge on any atom is -0.220 e. The standard InChI is InChI=1S/C9H11Cl2IN2/c1-3-5(4-2)9-13-7(10)6(12)8(11)14-9/h5H,3-4H2,1-2H3. The molecule has 14 heavy (non-hydrogen) atoms. The van der Waals surface area contributed by atoms with Crippen LogP contribution in [0.5, 0.6) is 0 Å². The highest BCUT2D eigenvalue weighted by Crippen LogP contribution is 2.27. The zero-order chi connectivity index (χ0) is 10.7. The summed E-state index contributed by atoms with van der Waals surface area (Å²) in [5, 5.41) is 0.903. The summed E-state index contributed by atoms with van der Waals surface area (Å²) in [6.45, 7) is 4.22. The Balaban J connectivity index is 3.11. The fourth-order valence-electron chi connectivity index (χ4n) is 1.25. The lowest BCUT2D eigenvalue weighted by atomic mass is 10.0. The molecule has 0 N–H and O–H groups in total. The third-order valence-corrected chi connectivity index (χ3v) is 4.34. The highest BCUT2D eigenvalue weighted by molar-refractivity contribution is 14.1. The van der Waals surface area contributed by atoms with Crippen molar-refractivity contribution in [1.29, 1.82) is 0 Å². The lowest BCUT2D eigenvalue weighted by Crippen LogP contribution is -2.04. The van der Waals surface area contributed by atoms with Gasteiger partial charge < -0.3 is 0 Å². The van der Waals surface area contributed by atoms with Gasteiger partial charge in [-0.2, -0.15) is 0 Å². The molecule has 78 valence electrons. The van der Waals surface area contributed by atoms with E-state index in [4.69, 9.17) is 23.2 Å². The normalized spacial score (nSPS) is 11.0. The molecular formula is C9H11Cl2IN2. The third-order valence-electron chi connectivity index (χ3n) is 2.14. The molecule has 0 aliphatic rings. The first-order valence-corrected chi connectivity index (χ1v) is 6.32. The second-order valence-electron chi connectivity index (χ2n) is 2.99. The van der Waals surface area contributed by atoms with Gasteiger partial charge in [0.05, 0.1) is 3.57 Å². The fourth-order valence-corrected chi connectivity index (χ4v) is 1.89. The van der Waals surface area contributed by atoms with E-state index in [2.05, 4.69) is 23.8 Å². The van der Waals surface area contributed by atoms with Gasteiger partial charge >= 0.3 is 0 Å². The molecule has 0 aliphatic carbocycles. The van der Waals surface area contributed by atoms with Crippen molar-refractivity contribution in [2.24, 2.45) is 0 Å².